The molecule has 0 saturated carbocycles. The van der Waals surface area contributed by atoms with Crippen LogP contribution in [0.2, 0.25) is 0 Å². The van der Waals surface area contributed by atoms with Gasteiger partial charge in [0.2, 0.25) is 5.95 Å². The summed E-state index contributed by atoms with van der Waals surface area (Å²) in [6, 6.07) is 20.8. The highest BCUT2D eigenvalue weighted by atomic mass is 16.2. The first-order valence-electron chi connectivity index (χ1n) is 11.3. The number of nitrogens with one attached hydrogen (secondary N) is 1. The van der Waals surface area contributed by atoms with E-state index in [4.69, 9.17) is 10.7 Å². The van der Waals surface area contributed by atoms with Crippen LogP contribution in [0.3, 0.4) is 0 Å². The second-order valence-corrected chi connectivity index (χ2v) is 8.44. The molecule has 0 bridgehead atoms. The van der Waals surface area contributed by atoms with Crippen molar-refractivity contribution < 1.29 is 4.79 Å². The maximum Gasteiger partial charge on any atom is 0.321 e. The minimum Gasteiger partial charge on any atom is -0.368 e. The maximum absolute atomic E-state index is 12.8. The number of carbonyl (C=O) groups is 1. The lowest BCUT2D eigenvalue weighted by Gasteiger charge is -2.35. The molecule has 2 aromatic heterocycles. The van der Waals surface area contributed by atoms with Gasteiger partial charge in [0.25, 0.3) is 0 Å². The number of rotatable bonds is 3. The molecule has 9 heteroatoms. The molecule has 1 aliphatic heterocycles. The number of fused-ring (bicyclic) bond motifs is 1. The Balaban J connectivity index is 1.37. The van der Waals surface area contributed by atoms with E-state index in [0.717, 1.165) is 22.5 Å². The zero-order chi connectivity index (χ0) is 24.4. The normalized spacial score (nSPS) is 13.5. The molecule has 2 aromatic carbocycles. The molecule has 1 aliphatic rings. The number of nitrogen functional groups attached to an aromatic ring is 1. The number of nitrogens with zero attached hydrogens (tertiary/aromatic N) is 6. The van der Waals surface area contributed by atoms with Gasteiger partial charge in [-0.2, -0.15) is 10.2 Å². The van der Waals surface area contributed by atoms with Gasteiger partial charge in [0.05, 0.1) is 22.8 Å². The summed E-state index contributed by atoms with van der Waals surface area (Å²) in [5.41, 5.74) is 11.3. The number of anilines is 3. The van der Waals surface area contributed by atoms with E-state index < -0.39 is 0 Å². The largest absolute Gasteiger partial charge is 0.368 e. The van der Waals surface area contributed by atoms with E-state index in [1.807, 2.05) is 55.5 Å². The molecule has 0 unspecified atom stereocenters. The quantitative estimate of drug-likeness (QED) is 0.472. The molecule has 3 heterocycles. The summed E-state index contributed by atoms with van der Waals surface area (Å²) in [6.07, 6.45) is 0. The van der Waals surface area contributed by atoms with Crippen LogP contribution in [-0.4, -0.2) is 52.1 Å². The Hall–Kier alpha value is -4.71. The first kappa shape index (κ1) is 22.1. The number of amides is 2. The highest BCUT2D eigenvalue weighted by molar-refractivity contribution is 5.91. The molecule has 2 amide bonds. The number of nitrogens with two attached hydrogens (primary N) is 1. The minimum absolute atomic E-state index is 0.125. The van der Waals surface area contributed by atoms with Crippen molar-refractivity contribution in [2.45, 2.75) is 6.92 Å². The predicted octanol–water partition coefficient (Wildman–Crippen LogP) is 3.81. The zero-order valence-corrected chi connectivity index (χ0v) is 19.3. The molecule has 4 aromatic rings. The molecule has 174 valence electrons. The van der Waals surface area contributed by atoms with Gasteiger partial charge in [-0.05, 0) is 48.9 Å². The van der Waals surface area contributed by atoms with Crippen molar-refractivity contribution in [3.63, 3.8) is 0 Å². The minimum atomic E-state index is -0.125. The van der Waals surface area contributed by atoms with Crippen LogP contribution in [0.15, 0.2) is 60.7 Å². The second-order valence-electron chi connectivity index (χ2n) is 8.44. The number of aromatic nitrogens is 3. The smallest absolute Gasteiger partial charge is 0.321 e. The predicted molar refractivity (Wildman–Crippen MR) is 136 cm³/mol. The first-order valence-corrected chi connectivity index (χ1v) is 11.3. The van der Waals surface area contributed by atoms with Crippen LogP contribution in [0.25, 0.3) is 22.3 Å². The molecule has 0 aliphatic carbocycles. The fourth-order valence-electron chi connectivity index (χ4n) is 4.19. The molecule has 3 N–H and O–H groups in total. The van der Waals surface area contributed by atoms with Crippen LogP contribution >= 0.6 is 0 Å². The van der Waals surface area contributed by atoms with Crippen LogP contribution in [0.5, 0.6) is 0 Å². The SMILES string of the molecule is Cc1cccc(NC(=O)N2CCN(c3nc(N)nc4ccc(-c5cccc(C#N)c5)nc34)CC2)c1. The molecule has 0 spiro atoms. The average molecular weight is 465 g/mol. The molecular weight excluding hydrogens is 440 g/mol. The summed E-state index contributed by atoms with van der Waals surface area (Å²) in [5.74, 6) is 0.817. The molecule has 1 fully saturated rings. The van der Waals surface area contributed by atoms with E-state index in [-0.39, 0.29) is 12.0 Å². The van der Waals surface area contributed by atoms with Gasteiger partial charge in [-0.1, -0.05) is 24.3 Å². The number of nitriles is 1. The summed E-state index contributed by atoms with van der Waals surface area (Å²) in [6.45, 7) is 4.23. The summed E-state index contributed by atoms with van der Waals surface area (Å²) in [5, 5.41) is 12.2. The van der Waals surface area contributed by atoms with Gasteiger partial charge >= 0.3 is 6.03 Å². The zero-order valence-electron chi connectivity index (χ0n) is 19.3. The van der Waals surface area contributed by atoms with Crippen molar-refractivity contribution in [3.8, 4) is 17.3 Å². The number of hydrogen-bond acceptors (Lipinski definition) is 7. The molecule has 35 heavy (non-hydrogen) atoms. The lowest BCUT2D eigenvalue weighted by molar-refractivity contribution is 0.208. The third kappa shape index (κ3) is 4.68. The molecule has 0 atom stereocenters. The number of carbonyl (C=O) groups excluding carboxylic acids is 1. The van der Waals surface area contributed by atoms with Crippen molar-refractivity contribution in [1.29, 1.82) is 5.26 Å². The monoisotopic (exact) mass is 464 g/mol. The Morgan fingerprint density at radius 1 is 1.00 bits per heavy atom. The number of pyridine rings is 1. The van der Waals surface area contributed by atoms with Gasteiger partial charge in [0.1, 0.15) is 5.52 Å². The Bertz CT molecular complexity index is 1450. The molecular formula is C26H24N8O. The average Bonchev–Trinajstić information content (AvgIpc) is 2.88. The highest BCUT2D eigenvalue weighted by Gasteiger charge is 2.24. The standard InChI is InChI=1S/C26H24N8O/c1-17-4-2-7-20(14-17)29-26(35)34-12-10-33(11-13-34)24-23-22(31-25(28)32-24)9-8-21(30-23)19-6-3-5-18(15-19)16-27/h2-9,14-15H,10-13H2,1H3,(H,29,35)(H2,28,31,32). The molecule has 9 nitrogen and oxygen atoms in total. The van der Waals surface area contributed by atoms with Gasteiger partial charge in [0, 0.05) is 37.4 Å². The number of piperazine rings is 1. The van der Waals surface area contributed by atoms with Crippen molar-refractivity contribution in [1.82, 2.24) is 19.9 Å². The first-order chi connectivity index (χ1) is 17.0. The summed E-state index contributed by atoms with van der Waals surface area (Å²) >= 11 is 0. The van der Waals surface area contributed by atoms with E-state index in [9.17, 15) is 10.1 Å². The number of benzene rings is 2. The van der Waals surface area contributed by atoms with Crippen LogP contribution in [0.1, 0.15) is 11.1 Å². The van der Waals surface area contributed by atoms with Gasteiger partial charge < -0.3 is 20.9 Å². The van der Waals surface area contributed by atoms with Crippen LogP contribution < -0.4 is 16.0 Å². The van der Waals surface area contributed by atoms with Crippen LogP contribution in [-0.2, 0) is 0 Å². The molecule has 5 rings (SSSR count). The van der Waals surface area contributed by atoms with E-state index in [0.29, 0.717) is 48.6 Å². The van der Waals surface area contributed by atoms with E-state index in [1.54, 1.807) is 17.0 Å². The Morgan fingerprint density at radius 2 is 1.80 bits per heavy atom. The summed E-state index contributed by atoms with van der Waals surface area (Å²) in [4.78, 5) is 30.3. The molecule has 0 radical (unpaired) electrons. The van der Waals surface area contributed by atoms with Crippen LogP contribution in [0.4, 0.5) is 22.2 Å². The lowest BCUT2D eigenvalue weighted by atomic mass is 10.1. The van der Waals surface area contributed by atoms with Crippen molar-refractivity contribution in [2.75, 3.05) is 42.1 Å². The Labute approximate surface area is 202 Å². The maximum atomic E-state index is 12.8. The highest BCUT2D eigenvalue weighted by Crippen LogP contribution is 2.28. The second kappa shape index (κ2) is 9.27. The third-order valence-corrected chi connectivity index (χ3v) is 5.96. The number of hydrogen-bond donors (Lipinski definition) is 2. The Morgan fingerprint density at radius 3 is 2.57 bits per heavy atom. The van der Waals surface area contributed by atoms with E-state index in [2.05, 4.69) is 26.3 Å². The van der Waals surface area contributed by atoms with E-state index >= 15 is 0 Å². The van der Waals surface area contributed by atoms with Crippen molar-refractivity contribution in [3.05, 3.63) is 71.8 Å². The third-order valence-electron chi connectivity index (χ3n) is 5.96. The van der Waals surface area contributed by atoms with Gasteiger partial charge in [-0.25, -0.2) is 14.8 Å². The van der Waals surface area contributed by atoms with Crippen molar-refractivity contribution in [2.24, 2.45) is 0 Å². The van der Waals surface area contributed by atoms with Gasteiger partial charge in [0.15, 0.2) is 5.82 Å². The van der Waals surface area contributed by atoms with Crippen molar-refractivity contribution >= 4 is 34.5 Å². The van der Waals surface area contributed by atoms with Crippen LogP contribution in [0, 0.1) is 18.3 Å². The number of aryl methyl sites for hydroxylation is 1. The van der Waals surface area contributed by atoms with E-state index in [1.165, 1.54) is 0 Å². The number of urea groups is 1. The van der Waals surface area contributed by atoms with Gasteiger partial charge in [-0.3, -0.25) is 0 Å². The topological polar surface area (TPSA) is 124 Å². The summed E-state index contributed by atoms with van der Waals surface area (Å²) in [7, 11) is 0. The molecule has 1 saturated heterocycles. The fraction of sp³-hybridized carbons (Fsp3) is 0.192. The van der Waals surface area contributed by atoms with Gasteiger partial charge in [-0.15, -0.1) is 0 Å². The Kier molecular flexibility index (Phi) is 5.85. The lowest BCUT2D eigenvalue weighted by Crippen LogP contribution is -2.50. The fourth-order valence-corrected chi connectivity index (χ4v) is 4.19. The summed E-state index contributed by atoms with van der Waals surface area (Å²) < 4.78 is 0.